The fourth-order valence-corrected chi connectivity index (χ4v) is 2.51. The van der Waals surface area contributed by atoms with Crippen LogP contribution in [0.2, 0.25) is 0 Å². The third-order valence-corrected chi connectivity index (χ3v) is 4.25. The summed E-state index contributed by atoms with van der Waals surface area (Å²) in [6.07, 6.45) is -4.12. The first-order valence-electron chi connectivity index (χ1n) is 9.11. The Balaban J connectivity index is 3.63. The molecule has 0 aromatic heterocycles. The number of nitrogens with one attached hydrogen (secondary N) is 1. The molecule has 0 heterocycles. The highest BCUT2D eigenvalue weighted by molar-refractivity contribution is 6.25. The standard InChI is InChI=1S/C19H23F3N2O7/c1-5-31-18(27)12(8-23-14(9-25)10(2)3)17(26)11-6-15(24(28)29)13(19(20,21)22)7-16(11)30-4/h6-8,10,14,23,25H,5,9H2,1-4H3/b12-8-/t14-/m1/s1. The quantitative estimate of drug-likeness (QED) is 0.106. The second-order valence-electron chi connectivity index (χ2n) is 6.63. The molecule has 12 heteroatoms. The van der Waals surface area contributed by atoms with E-state index in [1.165, 1.54) is 6.92 Å². The lowest BCUT2D eigenvalue weighted by Gasteiger charge is -2.19. The Hall–Kier alpha value is -3.15. The number of nitro groups is 1. The summed E-state index contributed by atoms with van der Waals surface area (Å²) in [5.41, 5.74) is -4.24. The highest BCUT2D eigenvalue weighted by atomic mass is 19.4. The maximum Gasteiger partial charge on any atom is 0.423 e. The molecule has 0 radical (unpaired) electrons. The maximum absolute atomic E-state index is 13.2. The monoisotopic (exact) mass is 448 g/mol. The summed E-state index contributed by atoms with van der Waals surface area (Å²) >= 11 is 0. The molecule has 0 fully saturated rings. The Morgan fingerprint density at radius 2 is 1.94 bits per heavy atom. The largest absolute Gasteiger partial charge is 0.496 e. The van der Waals surface area contributed by atoms with Gasteiger partial charge in [-0.05, 0) is 12.8 Å². The number of halogens is 3. The van der Waals surface area contributed by atoms with Crippen molar-refractivity contribution in [3.8, 4) is 5.75 Å². The molecule has 0 spiro atoms. The van der Waals surface area contributed by atoms with Gasteiger partial charge >= 0.3 is 12.1 Å². The Morgan fingerprint density at radius 1 is 1.32 bits per heavy atom. The molecule has 0 aliphatic rings. The molecule has 0 amide bonds. The number of alkyl halides is 3. The van der Waals surface area contributed by atoms with Crippen LogP contribution in [-0.4, -0.2) is 48.1 Å². The van der Waals surface area contributed by atoms with Crippen molar-refractivity contribution in [3.05, 3.63) is 45.1 Å². The van der Waals surface area contributed by atoms with Crippen LogP contribution in [0, 0.1) is 16.0 Å². The van der Waals surface area contributed by atoms with Crippen LogP contribution >= 0.6 is 0 Å². The lowest BCUT2D eigenvalue weighted by Crippen LogP contribution is -2.34. The van der Waals surface area contributed by atoms with Crippen LogP contribution in [0.3, 0.4) is 0 Å². The fourth-order valence-electron chi connectivity index (χ4n) is 2.51. The summed E-state index contributed by atoms with van der Waals surface area (Å²) in [6, 6.07) is 0.177. The van der Waals surface area contributed by atoms with Crippen LogP contribution in [0.4, 0.5) is 18.9 Å². The molecule has 0 bridgehead atoms. The van der Waals surface area contributed by atoms with Gasteiger partial charge in [0, 0.05) is 18.3 Å². The summed E-state index contributed by atoms with van der Waals surface area (Å²) in [5.74, 6) is -2.98. The molecule has 0 aliphatic carbocycles. The molecule has 1 rings (SSSR count). The second-order valence-corrected chi connectivity index (χ2v) is 6.63. The van der Waals surface area contributed by atoms with Crippen molar-refractivity contribution in [2.75, 3.05) is 20.3 Å². The number of hydrogen-bond donors (Lipinski definition) is 2. The van der Waals surface area contributed by atoms with Crippen LogP contribution < -0.4 is 10.1 Å². The van der Waals surface area contributed by atoms with Gasteiger partial charge in [-0.1, -0.05) is 13.8 Å². The number of methoxy groups -OCH3 is 1. The number of carbonyl (C=O) groups excluding carboxylic acids is 2. The van der Waals surface area contributed by atoms with Crippen LogP contribution in [0.15, 0.2) is 23.9 Å². The topological polar surface area (TPSA) is 128 Å². The van der Waals surface area contributed by atoms with Crippen LogP contribution in [0.1, 0.15) is 36.7 Å². The molecular formula is C19H23F3N2O7. The number of nitro benzene ring substituents is 1. The summed E-state index contributed by atoms with van der Waals surface area (Å²) in [7, 11) is 0.977. The number of ketones is 1. The zero-order valence-electron chi connectivity index (χ0n) is 17.3. The van der Waals surface area contributed by atoms with Gasteiger partial charge in [-0.15, -0.1) is 0 Å². The van der Waals surface area contributed by atoms with Crippen molar-refractivity contribution in [2.45, 2.75) is 33.0 Å². The molecular weight excluding hydrogens is 425 g/mol. The van der Waals surface area contributed by atoms with Crippen molar-refractivity contribution in [2.24, 2.45) is 5.92 Å². The van der Waals surface area contributed by atoms with E-state index in [2.05, 4.69) is 5.32 Å². The number of rotatable bonds is 10. The van der Waals surface area contributed by atoms with Gasteiger partial charge in [-0.2, -0.15) is 13.2 Å². The minimum atomic E-state index is -5.08. The molecule has 0 saturated heterocycles. The highest BCUT2D eigenvalue weighted by Gasteiger charge is 2.40. The second kappa shape index (κ2) is 10.8. The maximum atomic E-state index is 13.2. The Kier molecular flexibility index (Phi) is 8.98. The number of nitrogens with zero attached hydrogens (tertiary/aromatic N) is 1. The van der Waals surface area contributed by atoms with E-state index >= 15 is 0 Å². The van der Waals surface area contributed by atoms with E-state index in [9.17, 15) is 38.0 Å². The Bertz CT molecular complexity index is 867. The zero-order valence-corrected chi connectivity index (χ0v) is 17.3. The van der Waals surface area contributed by atoms with Crippen LogP contribution in [-0.2, 0) is 15.7 Å². The van der Waals surface area contributed by atoms with Gasteiger partial charge in [0.2, 0.25) is 5.78 Å². The minimum absolute atomic E-state index is 0.110. The average molecular weight is 448 g/mol. The normalized spacial score (nSPS) is 13.0. The molecule has 0 unspecified atom stereocenters. The molecule has 0 aliphatic heterocycles. The first-order valence-corrected chi connectivity index (χ1v) is 9.11. The minimum Gasteiger partial charge on any atom is -0.496 e. The van der Waals surface area contributed by atoms with Gasteiger partial charge in [0.05, 0.1) is 36.9 Å². The Morgan fingerprint density at radius 3 is 2.35 bits per heavy atom. The number of aliphatic hydroxyl groups is 1. The van der Waals surface area contributed by atoms with Gasteiger partial charge in [0.1, 0.15) is 16.9 Å². The molecule has 2 N–H and O–H groups in total. The molecule has 1 aromatic rings. The number of ether oxygens (including phenoxy) is 2. The van der Waals surface area contributed by atoms with Gasteiger partial charge in [0.15, 0.2) is 0 Å². The van der Waals surface area contributed by atoms with E-state index in [1.54, 1.807) is 13.8 Å². The van der Waals surface area contributed by atoms with Crippen molar-refractivity contribution >= 4 is 17.4 Å². The van der Waals surface area contributed by atoms with Gasteiger partial charge in [0.25, 0.3) is 5.69 Å². The third kappa shape index (κ3) is 6.41. The predicted molar refractivity (Wildman–Crippen MR) is 103 cm³/mol. The van der Waals surface area contributed by atoms with E-state index in [0.29, 0.717) is 12.1 Å². The van der Waals surface area contributed by atoms with Crippen molar-refractivity contribution in [3.63, 3.8) is 0 Å². The lowest BCUT2D eigenvalue weighted by molar-refractivity contribution is -0.388. The first-order chi connectivity index (χ1) is 14.4. The van der Waals surface area contributed by atoms with E-state index in [-0.39, 0.29) is 19.1 Å². The van der Waals surface area contributed by atoms with E-state index < -0.39 is 57.0 Å². The number of benzene rings is 1. The van der Waals surface area contributed by atoms with Gasteiger partial charge in [-0.3, -0.25) is 14.9 Å². The predicted octanol–water partition coefficient (Wildman–Crippen LogP) is 2.86. The number of Topliss-reactive ketones (excluding diaryl/α,β-unsaturated/α-hetero) is 1. The summed E-state index contributed by atoms with van der Waals surface area (Å²) in [6.45, 7) is 4.54. The zero-order chi connectivity index (χ0) is 23.9. The van der Waals surface area contributed by atoms with E-state index in [1.807, 2.05) is 0 Å². The molecule has 172 valence electrons. The van der Waals surface area contributed by atoms with Crippen molar-refractivity contribution in [1.82, 2.24) is 5.32 Å². The summed E-state index contributed by atoms with van der Waals surface area (Å²) in [5, 5.41) is 23.3. The molecule has 0 saturated carbocycles. The van der Waals surface area contributed by atoms with E-state index in [4.69, 9.17) is 9.47 Å². The van der Waals surface area contributed by atoms with Crippen LogP contribution in [0.25, 0.3) is 0 Å². The average Bonchev–Trinajstić information content (AvgIpc) is 2.68. The van der Waals surface area contributed by atoms with Crippen molar-refractivity contribution in [1.29, 1.82) is 0 Å². The number of esters is 1. The molecule has 1 atom stereocenters. The molecule has 9 nitrogen and oxygen atoms in total. The highest BCUT2D eigenvalue weighted by Crippen LogP contribution is 2.40. The lowest BCUT2D eigenvalue weighted by atomic mass is 9.99. The first kappa shape index (κ1) is 25.9. The third-order valence-electron chi connectivity index (χ3n) is 4.25. The van der Waals surface area contributed by atoms with E-state index in [0.717, 1.165) is 13.3 Å². The van der Waals surface area contributed by atoms with Crippen LogP contribution in [0.5, 0.6) is 5.75 Å². The SMILES string of the molecule is CCOC(=O)/C(=C\N[C@H](CO)C(C)C)C(=O)c1cc([N+](=O)[O-])c(C(F)(F)F)cc1OC. The fraction of sp³-hybridized carbons (Fsp3) is 0.474. The van der Waals surface area contributed by atoms with Gasteiger partial charge in [-0.25, -0.2) is 4.79 Å². The number of carbonyl (C=O) groups is 2. The molecule has 31 heavy (non-hydrogen) atoms. The number of aliphatic hydroxyl groups excluding tert-OH is 1. The Labute approximate surface area is 176 Å². The summed E-state index contributed by atoms with van der Waals surface area (Å²) in [4.78, 5) is 35.2. The number of hydrogen-bond acceptors (Lipinski definition) is 8. The van der Waals surface area contributed by atoms with Crippen molar-refractivity contribution < 1.29 is 42.3 Å². The smallest absolute Gasteiger partial charge is 0.423 e. The van der Waals surface area contributed by atoms with Gasteiger partial charge < -0.3 is 19.9 Å². The molecule has 1 aromatic carbocycles. The summed E-state index contributed by atoms with van der Waals surface area (Å²) < 4.78 is 49.3.